The number of piperazine rings is 1. The number of carbonyl (C=O) groups excluding carboxylic acids is 1. The van der Waals surface area contributed by atoms with E-state index < -0.39 is 0 Å². The number of amides is 2. The fourth-order valence-corrected chi connectivity index (χ4v) is 5.38. The fourth-order valence-electron chi connectivity index (χ4n) is 4.43. The van der Waals surface area contributed by atoms with Crippen LogP contribution in [0.25, 0.3) is 16.2 Å². The molecule has 1 aliphatic heterocycles. The lowest BCUT2D eigenvalue weighted by atomic mass is 10.1. The van der Waals surface area contributed by atoms with Crippen LogP contribution < -0.4 is 15.5 Å². The minimum Gasteiger partial charge on any atom is -0.365 e. The van der Waals surface area contributed by atoms with E-state index in [1.54, 1.807) is 23.5 Å². The average molecular weight is 458 g/mol. The van der Waals surface area contributed by atoms with Crippen LogP contribution in [0.3, 0.4) is 0 Å². The van der Waals surface area contributed by atoms with Crippen molar-refractivity contribution in [2.45, 2.75) is 38.6 Å². The van der Waals surface area contributed by atoms with E-state index in [0.29, 0.717) is 25.7 Å². The second kappa shape index (κ2) is 8.93. The van der Waals surface area contributed by atoms with Crippen LogP contribution in [0.2, 0.25) is 0 Å². The highest BCUT2D eigenvalue weighted by Gasteiger charge is 2.26. The van der Waals surface area contributed by atoms with Gasteiger partial charge in [0.1, 0.15) is 11.5 Å². The maximum absolute atomic E-state index is 13.5. The third-order valence-electron chi connectivity index (χ3n) is 6.17. The number of benzene rings is 1. The number of anilines is 2. The van der Waals surface area contributed by atoms with Crippen molar-refractivity contribution in [3.8, 4) is 11.3 Å². The molecule has 1 saturated carbocycles. The first-order valence-corrected chi connectivity index (χ1v) is 12.1. The zero-order valence-corrected chi connectivity index (χ0v) is 19.0. The van der Waals surface area contributed by atoms with Gasteiger partial charge in [-0.3, -0.25) is 0 Å². The normalized spacial score (nSPS) is 17.3. The monoisotopic (exact) mass is 457 g/mol. The number of imidazole rings is 1. The summed E-state index contributed by atoms with van der Waals surface area (Å²) in [7, 11) is 0. The number of rotatable bonds is 5. The van der Waals surface area contributed by atoms with Crippen LogP contribution >= 0.6 is 11.3 Å². The number of fused-ring (bicyclic) bond motifs is 1. The summed E-state index contributed by atoms with van der Waals surface area (Å²) in [5, 5.41) is 12.3. The fraction of sp³-hybridized carbons (Fsp3) is 0.500. The first kappa shape index (κ1) is 21.0. The number of nitrogens with one attached hydrogen (secondary N) is 2. The van der Waals surface area contributed by atoms with Crippen molar-refractivity contribution in [2.24, 2.45) is 0 Å². The van der Waals surface area contributed by atoms with Crippen LogP contribution in [-0.2, 0) is 0 Å². The quantitative estimate of drug-likeness (QED) is 0.609. The largest absolute Gasteiger partial charge is 0.365 e. The van der Waals surface area contributed by atoms with Crippen molar-refractivity contribution in [2.75, 3.05) is 42.9 Å². The highest BCUT2D eigenvalue weighted by atomic mass is 32.1. The summed E-state index contributed by atoms with van der Waals surface area (Å²) in [5.41, 5.74) is 1.69. The van der Waals surface area contributed by atoms with Crippen molar-refractivity contribution in [1.82, 2.24) is 24.8 Å². The molecule has 32 heavy (non-hydrogen) atoms. The van der Waals surface area contributed by atoms with Crippen LogP contribution in [-0.4, -0.2) is 64.3 Å². The van der Waals surface area contributed by atoms with Crippen molar-refractivity contribution in [1.29, 1.82) is 0 Å². The van der Waals surface area contributed by atoms with E-state index in [9.17, 15) is 9.18 Å². The molecule has 2 aromatic heterocycles. The summed E-state index contributed by atoms with van der Waals surface area (Å²) in [6, 6.07) is 6.86. The van der Waals surface area contributed by atoms with Gasteiger partial charge in [0, 0.05) is 44.3 Å². The minimum absolute atomic E-state index is 0.00641. The Hall–Kier alpha value is -2.88. The van der Waals surface area contributed by atoms with Crippen LogP contribution in [0.4, 0.5) is 20.1 Å². The predicted octanol–water partition coefficient (Wildman–Crippen LogP) is 3.80. The van der Waals surface area contributed by atoms with Crippen molar-refractivity contribution >= 4 is 33.3 Å². The molecule has 170 valence electrons. The first-order chi connectivity index (χ1) is 15.6. The van der Waals surface area contributed by atoms with E-state index in [4.69, 9.17) is 10.1 Å². The van der Waals surface area contributed by atoms with Gasteiger partial charge in [-0.05, 0) is 44.0 Å². The Morgan fingerprint density at radius 1 is 1.16 bits per heavy atom. The SMILES string of the molecule is CCNC(=O)N1CCN(c2nn3c(NC4CCCC4)c(-c4ccc(F)cc4)nc3s2)CC1. The number of urea groups is 1. The van der Waals surface area contributed by atoms with Gasteiger partial charge in [0.2, 0.25) is 10.1 Å². The molecule has 2 fully saturated rings. The standard InChI is InChI=1S/C22H28FN7OS/c1-2-24-20(31)28-11-13-29(14-12-28)22-27-30-19(25-17-5-3-4-6-17)18(26-21(30)32-22)15-7-9-16(23)10-8-15/h7-10,17,25H,2-6,11-14H2,1H3,(H,24,31). The van der Waals surface area contributed by atoms with Crippen LogP contribution in [0.15, 0.2) is 24.3 Å². The summed E-state index contributed by atoms with van der Waals surface area (Å²) >= 11 is 1.55. The lowest BCUT2D eigenvalue weighted by Gasteiger charge is -2.34. The second-order valence-electron chi connectivity index (χ2n) is 8.33. The van der Waals surface area contributed by atoms with Crippen LogP contribution in [0.1, 0.15) is 32.6 Å². The Balaban J connectivity index is 1.41. The molecule has 5 rings (SSSR count). The van der Waals surface area contributed by atoms with E-state index in [2.05, 4.69) is 15.5 Å². The first-order valence-electron chi connectivity index (χ1n) is 11.3. The van der Waals surface area contributed by atoms with Crippen molar-refractivity contribution < 1.29 is 9.18 Å². The Labute approximate surface area is 190 Å². The average Bonchev–Trinajstić information content (AvgIpc) is 3.53. The molecule has 3 heterocycles. The number of halogens is 1. The third kappa shape index (κ3) is 4.11. The molecule has 1 saturated heterocycles. The number of aromatic nitrogens is 3. The van der Waals surface area contributed by atoms with Gasteiger partial charge < -0.3 is 20.4 Å². The molecule has 1 aliphatic carbocycles. The van der Waals surface area contributed by atoms with Gasteiger partial charge in [0.05, 0.1) is 0 Å². The molecule has 8 nitrogen and oxygen atoms in total. The van der Waals surface area contributed by atoms with Gasteiger partial charge in [-0.2, -0.15) is 4.52 Å². The molecule has 10 heteroatoms. The summed E-state index contributed by atoms with van der Waals surface area (Å²) in [6.45, 7) is 5.38. The summed E-state index contributed by atoms with van der Waals surface area (Å²) in [5.74, 6) is 0.620. The lowest BCUT2D eigenvalue weighted by molar-refractivity contribution is 0.195. The van der Waals surface area contributed by atoms with Gasteiger partial charge in [-0.1, -0.05) is 24.2 Å². The minimum atomic E-state index is -0.257. The van der Waals surface area contributed by atoms with E-state index in [1.165, 1.54) is 25.0 Å². The van der Waals surface area contributed by atoms with Crippen LogP contribution in [0.5, 0.6) is 0 Å². The molecule has 0 radical (unpaired) electrons. The topological polar surface area (TPSA) is 77.8 Å². The van der Waals surface area contributed by atoms with Gasteiger partial charge in [-0.15, -0.1) is 5.10 Å². The zero-order chi connectivity index (χ0) is 22.1. The third-order valence-corrected chi connectivity index (χ3v) is 7.14. The van der Waals surface area contributed by atoms with E-state index in [1.807, 2.05) is 16.3 Å². The van der Waals surface area contributed by atoms with Gasteiger partial charge in [-0.25, -0.2) is 14.2 Å². The summed E-state index contributed by atoms with van der Waals surface area (Å²) in [4.78, 5) is 21.8. The molecular weight excluding hydrogens is 429 g/mol. The van der Waals surface area contributed by atoms with Gasteiger partial charge in [0.25, 0.3) is 0 Å². The number of nitrogens with zero attached hydrogens (tertiary/aromatic N) is 5. The van der Waals surface area contributed by atoms with Crippen LogP contribution in [0, 0.1) is 5.82 Å². The molecule has 0 spiro atoms. The van der Waals surface area contributed by atoms with E-state index in [0.717, 1.165) is 53.1 Å². The van der Waals surface area contributed by atoms with Gasteiger partial charge >= 0.3 is 6.03 Å². The molecule has 0 atom stereocenters. The zero-order valence-electron chi connectivity index (χ0n) is 18.2. The Morgan fingerprint density at radius 2 is 1.88 bits per heavy atom. The molecule has 1 aromatic carbocycles. The number of hydrogen-bond acceptors (Lipinski definition) is 6. The number of carbonyl (C=O) groups is 1. The molecular formula is C22H28FN7OS. The highest BCUT2D eigenvalue weighted by molar-refractivity contribution is 7.20. The molecule has 0 bridgehead atoms. The van der Waals surface area contributed by atoms with Crippen molar-refractivity contribution in [3.63, 3.8) is 0 Å². The Morgan fingerprint density at radius 3 is 2.56 bits per heavy atom. The predicted molar refractivity (Wildman–Crippen MR) is 125 cm³/mol. The Bertz CT molecular complexity index is 1080. The number of hydrogen-bond donors (Lipinski definition) is 2. The van der Waals surface area contributed by atoms with E-state index >= 15 is 0 Å². The second-order valence-corrected chi connectivity index (χ2v) is 9.26. The van der Waals surface area contributed by atoms with E-state index in [-0.39, 0.29) is 11.8 Å². The molecule has 2 aliphatic rings. The molecule has 3 aromatic rings. The maximum atomic E-state index is 13.5. The Kier molecular flexibility index (Phi) is 5.86. The van der Waals surface area contributed by atoms with Gasteiger partial charge in [0.15, 0.2) is 5.82 Å². The lowest BCUT2D eigenvalue weighted by Crippen LogP contribution is -2.51. The molecule has 0 unspecified atom stereocenters. The molecule has 2 N–H and O–H groups in total. The summed E-state index contributed by atoms with van der Waals surface area (Å²) < 4.78 is 15.4. The molecule has 2 amide bonds. The smallest absolute Gasteiger partial charge is 0.317 e. The highest BCUT2D eigenvalue weighted by Crippen LogP contribution is 2.35. The van der Waals surface area contributed by atoms with Crippen molar-refractivity contribution in [3.05, 3.63) is 30.1 Å². The maximum Gasteiger partial charge on any atom is 0.317 e. The summed E-state index contributed by atoms with van der Waals surface area (Å²) in [6.07, 6.45) is 4.72.